The van der Waals surface area contributed by atoms with Crippen LogP contribution in [0, 0.1) is 176 Å². The molecular formula is C6H13Ac4NO5. The van der Waals surface area contributed by atoms with Gasteiger partial charge >= 0.3 is 0 Å². The first-order chi connectivity index (χ1) is 5.57. The third kappa shape index (κ3) is 8.85. The normalized spacial score (nSPS) is 36.9. The molecule has 1 fully saturated rings. The van der Waals surface area contributed by atoms with Gasteiger partial charge in [-0.1, -0.05) is 0 Å². The van der Waals surface area contributed by atoms with E-state index in [0.29, 0.717) is 0 Å². The summed E-state index contributed by atoms with van der Waals surface area (Å²) >= 11 is 0. The topological polar surface area (TPSA) is 116 Å². The first-order valence-corrected chi connectivity index (χ1v) is 3.64. The van der Waals surface area contributed by atoms with Gasteiger partial charge in [0.25, 0.3) is 0 Å². The molecule has 0 aliphatic carbocycles. The predicted molar refractivity (Wildman–Crippen MR) is 38.0 cm³/mol. The van der Waals surface area contributed by atoms with Gasteiger partial charge in [0.1, 0.15) is 18.3 Å². The van der Waals surface area contributed by atoms with Crippen molar-refractivity contribution in [3.05, 3.63) is 0 Å². The molecule has 0 aromatic carbocycles. The van der Waals surface area contributed by atoms with Crippen molar-refractivity contribution >= 4 is 0 Å². The van der Waals surface area contributed by atoms with E-state index in [4.69, 9.17) is 20.7 Å². The van der Waals surface area contributed by atoms with E-state index in [0.717, 1.165) is 0 Å². The molecule has 84 valence electrons. The fourth-order valence-electron chi connectivity index (χ4n) is 1.12. The second kappa shape index (κ2) is 15.4. The average molecular weight is 1090 g/mol. The number of ether oxygens (including phenoxy) is 1. The summed E-state index contributed by atoms with van der Waals surface area (Å²) in [4.78, 5) is 0. The molecular weight excluding hydrogens is 1070 g/mol. The average Bonchev–Trinajstić information content (AvgIpc) is 2.08. The second-order valence-electron chi connectivity index (χ2n) is 2.81. The van der Waals surface area contributed by atoms with Crippen molar-refractivity contribution in [2.45, 2.75) is 30.6 Å². The zero-order valence-corrected chi connectivity index (χ0v) is 27.7. The molecule has 0 aromatic heterocycles. The zero-order valence-electron chi connectivity index (χ0n) is 8.68. The fourth-order valence-corrected chi connectivity index (χ4v) is 1.12. The summed E-state index contributed by atoms with van der Waals surface area (Å²) in [6, 6.07) is -1.04. The van der Waals surface area contributed by atoms with Crippen LogP contribution in [0.2, 0.25) is 0 Å². The SMILES string of the molecule is NC1C(O)OC(CO)C(O)C1O.[Ac].[Ac].[Ac].[Ac]. The Morgan fingerprint density at radius 3 is 1.75 bits per heavy atom. The van der Waals surface area contributed by atoms with Gasteiger partial charge in [-0.2, -0.15) is 0 Å². The van der Waals surface area contributed by atoms with E-state index < -0.39 is 37.3 Å². The third-order valence-corrected chi connectivity index (χ3v) is 1.95. The maximum Gasteiger partial charge on any atom is 0.173 e. The minimum Gasteiger partial charge on any atom is -0.394 e. The summed E-state index contributed by atoms with van der Waals surface area (Å²) < 4.78 is 4.70. The molecule has 5 unspecified atom stereocenters. The van der Waals surface area contributed by atoms with Crippen molar-refractivity contribution < 1.29 is 201 Å². The molecule has 0 aromatic rings. The summed E-state index contributed by atoms with van der Waals surface area (Å²) in [6.07, 6.45) is -4.85. The molecule has 1 heterocycles. The van der Waals surface area contributed by atoms with Crippen LogP contribution in [-0.4, -0.2) is 57.7 Å². The zero-order chi connectivity index (χ0) is 9.30. The minimum atomic E-state index is -1.35. The summed E-state index contributed by atoms with van der Waals surface area (Å²) in [5.41, 5.74) is 5.26. The van der Waals surface area contributed by atoms with Crippen molar-refractivity contribution in [1.29, 1.82) is 0 Å². The Balaban J connectivity index is -0.000000180. The van der Waals surface area contributed by atoms with Crippen LogP contribution >= 0.6 is 0 Å². The van der Waals surface area contributed by atoms with E-state index in [2.05, 4.69) is 0 Å². The molecule has 1 saturated heterocycles. The quantitative estimate of drug-likeness (QED) is 0.189. The van der Waals surface area contributed by atoms with Gasteiger partial charge in [-0.15, -0.1) is 0 Å². The van der Waals surface area contributed by atoms with Crippen molar-refractivity contribution in [3.8, 4) is 0 Å². The van der Waals surface area contributed by atoms with E-state index in [9.17, 15) is 10.2 Å². The maximum absolute atomic E-state index is 9.20. The van der Waals surface area contributed by atoms with E-state index in [1.807, 2.05) is 0 Å². The van der Waals surface area contributed by atoms with Gasteiger partial charge in [0, 0.05) is 176 Å². The van der Waals surface area contributed by atoms with Crippen LogP contribution < -0.4 is 5.73 Å². The molecule has 1 rings (SSSR count). The molecule has 1 aliphatic heterocycles. The Labute approximate surface area is 237 Å². The molecule has 4 radical (unpaired) electrons. The summed E-state index contributed by atoms with van der Waals surface area (Å²) in [7, 11) is 0. The molecule has 0 spiro atoms. The molecule has 5 atom stereocenters. The first kappa shape index (κ1) is 29.5. The number of hydrogen-bond donors (Lipinski definition) is 5. The van der Waals surface area contributed by atoms with Crippen molar-refractivity contribution in [1.82, 2.24) is 0 Å². The van der Waals surface area contributed by atoms with Gasteiger partial charge in [-0.25, -0.2) is 0 Å². The number of hydrogen-bond acceptors (Lipinski definition) is 6. The van der Waals surface area contributed by atoms with Gasteiger partial charge in [-0.05, 0) is 0 Å². The smallest absolute Gasteiger partial charge is 0.173 e. The molecule has 0 saturated carbocycles. The Kier molecular flexibility index (Phi) is 28.5. The first-order valence-electron chi connectivity index (χ1n) is 3.64. The van der Waals surface area contributed by atoms with E-state index in [1.165, 1.54) is 0 Å². The predicted octanol–water partition coefficient (Wildman–Crippen LogP) is -3.25. The van der Waals surface area contributed by atoms with Gasteiger partial charge in [0.15, 0.2) is 6.29 Å². The van der Waals surface area contributed by atoms with E-state index in [-0.39, 0.29) is 176 Å². The minimum absolute atomic E-state index is 0. The monoisotopic (exact) mass is 1090 g/mol. The number of rotatable bonds is 1. The van der Waals surface area contributed by atoms with Crippen LogP contribution in [0.5, 0.6) is 0 Å². The molecule has 0 amide bonds. The number of nitrogens with two attached hydrogens (primary N) is 1. The van der Waals surface area contributed by atoms with Crippen LogP contribution in [0.4, 0.5) is 0 Å². The summed E-state index contributed by atoms with van der Waals surface area (Å²) in [6.45, 7) is -0.470. The van der Waals surface area contributed by atoms with Crippen LogP contribution in [0.1, 0.15) is 0 Å². The maximum atomic E-state index is 9.20. The van der Waals surface area contributed by atoms with Crippen LogP contribution in [0.25, 0.3) is 0 Å². The Hall–Kier alpha value is 5.53. The van der Waals surface area contributed by atoms with Crippen molar-refractivity contribution in [2.24, 2.45) is 5.73 Å². The van der Waals surface area contributed by atoms with Crippen LogP contribution in [0.15, 0.2) is 0 Å². The Bertz CT molecular complexity index is 163. The molecule has 16 heavy (non-hydrogen) atoms. The molecule has 6 nitrogen and oxygen atoms in total. The van der Waals surface area contributed by atoms with Crippen molar-refractivity contribution in [3.63, 3.8) is 0 Å². The van der Waals surface area contributed by atoms with Crippen molar-refractivity contribution in [2.75, 3.05) is 6.61 Å². The second-order valence-corrected chi connectivity index (χ2v) is 2.81. The van der Waals surface area contributed by atoms with Gasteiger partial charge < -0.3 is 30.9 Å². The Morgan fingerprint density at radius 1 is 0.938 bits per heavy atom. The third-order valence-electron chi connectivity index (χ3n) is 1.95. The summed E-state index contributed by atoms with van der Waals surface area (Å²) in [5.74, 6) is 0. The molecule has 1 aliphatic rings. The van der Waals surface area contributed by atoms with Gasteiger partial charge in [0.2, 0.25) is 0 Å². The molecule has 6 N–H and O–H groups in total. The van der Waals surface area contributed by atoms with Gasteiger partial charge in [0.05, 0.1) is 12.6 Å². The van der Waals surface area contributed by atoms with Gasteiger partial charge in [-0.3, -0.25) is 0 Å². The summed E-state index contributed by atoms with van der Waals surface area (Å²) in [5, 5.41) is 36.1. The molecule has 10 heteroatoms. The largest absolute Gasteiger partial charge is 0.394 e. The van der Waals surface area contributed by atoms with Crippen LogP contribution in [0.3, 0.4) is 0 Å². The Morgan fingerprint density at radius 2 is 1.38 bits per heavy atom. The van der Waals surface area contributed by atoms with Crippen LogP contribution in [-0.2, 0) is 4.74 Å². The van der Waals surface area contributed by atoms with E-state index >= 15 is 0 Å². The standard InChI is InChI=1S/C6H13NO5.4Ac/c7-3-5(10)4(9)2(1-8)12-6(3)11;;;;/h2-6,8-11H,1,7H2;;;;. The fraction of sp³-hybridized carbons (Fsp3) is 1.00. The molecule has 0 bridgehead atoms. The number of aliphatic hydroxyl groups excluding tert-OH is 4. The number of aliphatic hydroxyl groups is 4. The van der Waals surface area contributed by atoms with E-state index in [1.54, 1.807) is 0 Å².